The number of amides is 2. The summed E-state index contributed by atoms with van der Waals surface area (Å²) >= 11 is 0. The molecule has 1 heterocycles. The third-order valence-electron chi connectivity index (χ3n) is 4.23. The van der Waals surface area contributed by atoms with Crippen molar-refractivity contribution in [3.05, 3.63) is 35.9 Å². The first kappa shape index (κ1) is 18.0. The van der Waals surface area contributed by atoms with Gasteiger partial charge in [-0.2, -0.15) is 0 Å². The van der Waals surface area contributed by atoms with E-state index in [9.17, 15) is 14.4 Å². The van der Waals surface area contributed by atoms with Gasteiger partial charge in [0.2, 0.25) is 11.8 Å². The molecule has 1 fully saturated rings. The van der Waals surface area contributed by atoms with Crippen molar-refractivity contribution in [2.45, 2.75) is 51.1 Å². The molecule has 24 heavy (non-hydrogen) atoms. The Morgan fingerprint density at radius 1 is 1.21 bits per heavy atom. The van der Waals surface area contributed by atoms with E-state index in [1.54, 1.807) is 0 Å². The standard InChI is InChI=1S/C18H24N2O4/c1-2-3-7-10-20-15(12-16(21)22)17(23)19-14(18(20)24)11-13-8-5-4-6-9-13/h4-6,8-9,14-15H,2-3,7,10-12H2,1H3,(H,19,23)(H,21,22)/t14-,15-/m0/s1. The third kappa shape index (κ3) is 4.57. The molecule has 2 N–H and O–H groups in total. The van der Waals surface area contributed by atoms with Crippen LogP contribution in [0, 0.1) is 0 Å². The number of benzene rings is 1. The van der Waals surface area contributed by atoms with Crippen LogP contribution in [0.2, 0.25) is 0 Å². The Morgan fingerprint density at radius 2 is 1.92 bits per heavy atom. The lowest BCUT2D eigenvalue weighted by Gasteiger charge is -2.38. The van der Waals surface area contributed by atoms with Crippen LogP contribution in [-0.2, 0) is 20.8 Å². The van der Waals surface area contributed by atoms with Crippen molar-refractivity contribution >= 4 is 17.8 Å². The summed E-state index contributed by atoms with van der Waals surface area (Å²) in [6.07, 6.45) is 2.75. The van der Waals surface area contributed by atoms with Crippen LogP contribution in [0.25, 0.3) is 0 Å². The van der Waals surface area contributed by atoms with Gasteiger partial charge in [0.1, 0.15) is 12.1 Å². The highest BCUT2D eigenvalue weighted by molar-refractivity contribution is 5.98. The zero-order valence-electron chi connectivity index (χ0n) is 13.9. The average molecular weight is 332 g/mol. The Hall–Kier alpha value is -2.37. The Bertz CT molecular complexity index is 588. The molecule has 0 aromatic heterocycles. The molecule has 1 aliphatic rings. The molecular weight excluding hydrogens is 308 g/mol. The number of hydrogen-bond donors (Lipinski definition) is 2. The van der Waals surface area contributed by atoms with Crippen molar-refractivity contribution in [3.63, 3.8) is 0 Å². The lowest BCUT2D eigenvalue weighted by molar-refractivity contribution is -0.153. The highest BCUT2D eigenvalue weighted by Gasteiger charge is 2.41. The molecule has 0 aliphatic carbocycles. The van der Waals surface area contributed by atoms with E-state index in [4.69, 9.17) is 5.11 Å². The monoisotopic (exact) mass is 332 g/mol. The predicted molar refractivity (Wildman–Crippen MR) is 89.4 cm³/mol. The fourth-order valence-corrected chi connectivity index (χ4v) is 2.98. The highest BCUT2D eigenvalue weighted by atomic mass is 16.4. The molecule has 1 saturated heterocycles. The van der Waals surface area contributed by atoms with E-state index in [0.717, 1.165) is 24.8 Å². The van der Waals surface area contributed by atoms with Crippen molar-refractivity contribution in [2.24, 2.45) is 0 Å². The maximum Gasteiger partial charge on any atom is 0.305 e. The van der Waals surface area contributed by atoms with Crippen molar-refractivity contribution in [3.8, 4) is 0 Å². The van der Waals surface area contributed by atoms with Gasteiger partial charge < -0.3 is 15.3 Å². The number of unbranched alkanes of at least 4 members (excludes halogenated alkanes) is 2. The molecule has 0 spiro atoms. The second-order valence-electron chi connectivity index (χ2n) is 6.10. The van der Waals surface area contributed by atoms with Crippen LogP contribution >= 0.6 is 0 Å². The number of rotatable bonds is 8. The molecule has 0 unspecified atom stereocenters. The van der Waals surface area contributed by atoms with Crippen LogP contribution < -0.4 is 5.32 Å². The van der Waals surface area contributed by atoms with Crippen LogP contribution in [0.15, 0.2) is 30.3 Å². The molecular formula is C18H24N2O4. The van der Waals surface area contributed by atoms with Crippen molar-refractivity contribution in [1.29, 1.82) is 0 Å². The predicted octanol–water partition coefficient (Wildman–Crippen LogP) is 1.59. The average Bonchev–Trinajstić information content (AvgIpc) is 2.55. The van der Waals surface area contributed by atoms with E-state index < -0.39 is 18.1 Å². The zero-order valence-corrected chi connectivity index (χ0v) is 13.9. The highest BCUT2D eigenvalue weighted by Crippen LogP contribution is 2.17. The van der Waals surface area contributed by atoms with Gasteiger partial charge >= 0.3 is 5.97 Å². The van der Waals surface area contributed by atoms with Gasteiger partial charge in [0.15, 0.2) is 0 Å². The molecule has 1 aromatic rings. The summed E-state index contributed by atoms with van der Waals surface area (Å²) in [7, 11) is 0. The van der Waals surface area contributed by atoms with Gasteiger partial charge in [-0.05, 0) is 12.0 Å². The summed E-state index contributed by atoms with van der Waals surface area (Å²) in [5.41, 5.74) is 0.960. The minimum Gasteiger partial charge on any atom is -0.481 e. The minimum atomic E-state index is -1.08. The molecule has 6 nitrogen and oxygen atoms in total. The summed E-state index contributed by atoms with van der Waals surface area (Å²) in [5.74, 6) is -1.65. The number of carboxylic acids is 1. The quantitative estimate of drug-likeness (QED) is 0.708. The first-order valence-corrected chi connectivity index (χ1v) is 8.39. The Kier molecular flexibility index (Phi) is 6.35. The van der Waals surface area contributed by atoms with Gasteiger partial charge in [0, 0.05) is 13.0 Å². The van der Waals surface area contributed by atoms with Crippen molar-refractivity contribution < 1.29 is 19.5 Å². The largest absolute Gasteiger partial charge is 0.481 e. The van der Waals surface area contributed by atoms with E-state index in [0.29, 0.717) is 13.0 Å². The lowest BCUT2D eigenvalue weighted by Crippen LogP contribution is -2.64. The molecule has 2 amide bonds. The van der Waals surface area contributed by atoms with Crippen LogP contribution in [-0.4, -0.2) is 46.4 Å². The lowest BCUT2D eigenvalue weighted by atomic mass is 9.98. The molecule has 130 valence electrons. The van der Waals surface area contributed by atoms with E-state index in [2.05, 4.69) is 12.2 Å². The van der Waals surface area contributed by atoms with Crippen LogP contribution in [0.3, 0.4) is 0 Å². The normalized spacial score (nSPS) is 20.8. The summed E-state index contributed by atoms with van der Waals surface area (Å²) in [4.78, 5) is 37.6. The molecule has 1 aromatic carbocycles. The molecule has 2 rings (SSSR count). The van der Waals surface area contributed by atoms with Gasteiger partial charge in [0.05, 0.1) is 6.42 Å². The number of carboxylic acid groups (broad SMARTS) is 1. The molecule has 0 saturated carbocycles. The number of nitrogens with one attached hydrogen (secondary N) is 1. The number of carbonyl (C=O) groups is 3. The number of aliphatic carboxylic acids is 1. The minimum absolute atomic E-state index is 0.194. The molecule has 2 atom stereocenters. The first-order chi connectivity index (χ1) is 11.5. The van der Waals surface area contributed by atoms with E-state index in [1.165, 1.54) is 4.90 Å². The fraction of sp³-hybridized carbons (Fsp3) is 0.500. The molecule has 6 heteroatoms. The van der Waals surface area contributed by atoms with E-state index in [1.807, 2.05) is 30.3 Å². The second kappa shape index (κ2) is 8.47. The topological polar surface area (TPSA) is 86.7 Å². The van der Waals surface area contributed by atoms with Crippen molar-refractivity contribution in [1.82, 2.24) is 10.2 Å². The summed E-state index contributed by atoms with van der Waals surface area (Å²) < 4.78 is 0. The fourth-order valence-electron chi connectivity index (χ4n) is 2.98. The van der Waals surface area contributed by atoms with E-state index in [-0.39, 0.29) is 18.2 Å². The SMILES string of the molecule is CCCCCN1C(=O)[C@H](Cc2ccccc2)NC(=O)[C@@H]1CC(=O)O. The second-order valence-corrected chi connectivity index (χ2v) is 6.10. The maximum absolute atomic E-state index is 12.8. The van der Waals surface area contributed by atoms with Gasteiger partial charge in [-0.15, -0.1) is 0 Å². The Morgan fingerprint density at radius 3 is 2.54 bits per heavy atom. The first-order valence-electron chi connectivity index (χ1n) is 8.39. The Balaban J connectivity index is 2.14. The molecule has 1 aliphatic heterocycles. The number of nitrogens with zero attached hydrogens (tertiary/aromatic N) is 1. The van der Waals surface area contributed by atoms with Crippen LogP contribution in [0.5, 0.6) is 0 Å². The number of hydrogen-bond acceptors (Lipinski definition) is 3. The molecule has 0 bridgehead atoms. The van der Waals surface area contributed by atoms with Gasteiger partial charge in [-0.1, -0.05) is 50.1 Å². The third-order valence-corrected chi connectivity index (χ3v) is 4.23. The Labute approximate surface area is 141 Å². The van der Waals surface area contributed by atoms with Crippen LogP contribution in [0.4, 0.5) is 0 Å². The van der Waals surface area contributed by atoms with Crippen LogP contribution in [0.1, 0.15) is 38.2 Å². The summed E-state index contributed by atoms with van der Waals surface area (Å²) in [6, 6.07) is 7.93. The van der Waals surface area contributed by atoms with Crippen molar-refractivity contribution in [2.75, 3.05) is 6.54 Å². The summed E-state index contributed by atoms with van der Waals surface area (Å²) in [5, 5.41) is 11.7. The maximum atomic E-state index is 12.8. The summed E-state index contributed by atoms with van der Waals surface area (Å²) in [6.45, 7) is 2.47. The smallest absolute Gasteiger partial charge is 0.305 e. The molecule has 0 radical (unpaired) electrons. The van der Waals surface area contributed by atoms with Gasteiger partial charge in [-0.25, -0.2) is 0 Å². The van der Waals surface area contributed by atoms with Gasteiger partial charge in [0.25, 0.3) is 0 Å². The zero-order chi connectivity index (χ0) is 17.5. The van der Waals surface area contributed by atoms with E-state index >= 15 is 0 Å². The number of carbonyl (C=O) groups excluding carboxylic acids is 2. The van der Waals surface area contributed by atoms with Gasteiger partial charge in [-0.3, -0.25) is 14.4 Å². The number of piperazine rings is 1.